The third kappa shape index (κ3) is 8.61. The number of esters is 2. The lowest BCUT2D eigenvalue weighted by atomic mass is 9.32. The second-order valence-corrected chi connectivity index (χ2v) is 32.5. The fourth-order valence-electron chi connectivity index (χ4n) is 18.1. The van der Waals surface area contributed by atoms with Crippen molar-refractivity contribution in [2.24, 2.45) is 56.7 Å². The van der Waals surface area contributed by atoms with E-state index in [2.05, 4.69) is 224 Å². The van der Waals surface area contributed by atoms with Crippen LogP contribution in [0.2, 0.25) is 0 Å². The maximum absolute atomic E-state index is 14.9. The van der Waals surface area contributed by atoms with Crippen molar-refractivity contribution < 1.29 is 19.1 Å². The average Bonchev–Trinajstić information content (AvgIpc) is 4.02. The lowest BCUT2D eigenvalue weighted by Gasteiger charge is -2.73. The first-order valence-electron chi connectivity index (χ1n) is 28.7. The zero-order valence-electron chi connectivity index (χ0n) is 46.2. The third-order valence-electron chi connectivity index (χ3n) is 21.9. The SMILES string of the molecule is C=C(C)[C@@H]1CC[C@]2(COC(=O)C[P+](c3ccccc3)(c3ccccc3)c3ccccc3)CC[C@]3(C)[C@H](CC[C@@H]4[C@@]5(C)CC[C@H](OC(=O)C[P+](c6ccccc6)(c6ccccc6)c6ccccc6)C(C)(C)[C@@H]5CC[C@]43C)[C@@H]12. The summed E-state index contributed by atoms with van der Waals surface area (Å²) in [4.78, 5) is 29.8. The largest absolute Gasteiger partial charge is 0.462 e. The predicted molar refractivity (Wildman–Crippen MR) is 320 cm³/mol. The van der Waals surface area contributed by atoms with Crippen molar-refractivity contribution >= 4 is 58.3 Å². The van der Waals surface area contributed by atoms with Crippen molar-refractivity contribution in [3.63, 3.8) is 0 Å². The number of rotatable bonds is 14. The smallest absolute Gasteiger partial charge is 0.345 e. The van der Waals surface area contributed by atoms with Gasteiger partial charge in [-0.3, -0.25) is 0 Å². The Labute approximate surface area is 456 Å². The highest BCUT2D eigenvalue weighted by atomic mass is 31.2. The molecule has 0 heterocycles. The van der Waals surface area contributed by atoms with E-state index in [9.17, 15) is 9.59 Å². The predicted octanol–water partition coefficient (Wildman–Crippen LogP) is 14.1. The fraction of sp³-hybridized carbons (Fsp3) is 0.429. The van der Waals surface area contributed by atoms with E-state index >= 15 is 0 Å². The van der Waals surface area contributed by atoms with Crippen LogP contribution in [0.5, 0.6) is 0 Å². The molecule has 0 aromatic heterocycles. The highest BCUT2D eigenvalue weighted by Crippen LogP contribution is 2.78. The Kier molecular flexibility index (Phi) is 14.3. The van der Waals surface area contributed by atoms with Crippen LogP contribution >= 0.6 is 14.5 Å². The van der Waals surface area contributed by atoms with Crippen LogP contribution in [0.15, 0.2) is 194 Å². The van der Waals surface area contributed by atoms with E-state index in [0.29, 0.717) is 48.5 Å². The summed E-state index contributed by atoms with van der Waals surface area (Å²) < 4.78 is 13.8. The van der Waals surface area contributed by atoms with E-state index in [1.165, 1.54) is 56.7 Å². The van der Waals surface area contributed by atoms with Gasteiger partial charge in [0.25, 0.3) is 0 Å². The molecule has 0 N–H and O–H groups in total. The molecule has 5 aliphatic carbocycles. The standard InChI is InChI=1S/C70H82O4P2/c1-51(2)58-40-45-70(50-73-63(71)48-75(52-26-14-8-15-27-52,53-28-16-9-17-29-53)54-30-18-10-19-31-54)47-46-68(6)59(65(58)70)38-39-61-67(5)43-42-62(66(3,4)60(67)41-44-69(61,68)7)74-64(72)49-76(55-32-20-11-21-33-55,56-34-22-12-23-35-56)57-36-24-13-25-37-57/h8-37,58-62,65H,1,38-50H2,2-7H3/q+2/t58-,59+,60-,61+,62-,65+,67-,68+,69+,70+/m0/s1. The normalized spacial score (nSPS) is 30.6. The van der Waals surface area contributed by atoms with Gasteiger partial charge in [0.15, 0.2) is 12.3 Å². The maximum Gasteiger partial charge on any atom is 0.345 e. The van der Waals surface area contributed by atoms with Gasteiger partial charge in [-0.15, -0.1) is 0 Å². The molecular weight excluding hydrogens is 967 g/mol. The van der Waals surface area contributed by atoms with Crippen LogP contribution in [0.1, 0.15) is 106 Å². The van der Waals surface area contributed by atoms with Crippen LogP contribution in [-0.2, 0) is 19.1 Å². The second-order valence-electron chi connectivity index (χ2n) is 25.5. The van der Waals surface area contributed by atoms with Crippen LogP contribution in [-0.4, -0.2) is 37.0 Å². The highest BCUT2D eigenvalue weighted by Gasteiger charge is 2.71. The van der Waals surface area contributed by atoms with Gasteiger partial charge >= 0.3 is 11.9 Å². The first-order chi connectivity index (χ1) is 36.6. The van der Waals surface area contributed by atoms with Crippen molar-refractivity contribution in [1.29, 1.82) is 0 Å². The van der Waals surface area contributed by atoms with E-state index in [0.717, 1.165) is 44.9 Å². The minimum atomic E-state index is -2.39. The molecule has 5 fully saturated rings. The molecule has 0 saturated heterocycles. The summed E-state index contributed by atoms with van der Waals surface area (Å²) in [7, 11) is -4.78. The van der Waals surface area contributed by atoms with Crippen LogP contribution in [0.25, 0.3) is 0 Å². The van der Waals surface area contributed by atoms with Crippen LogP contribution in [0.3, 0.4) is 0 Å². The first-order valence-corrected chi connectivity index (χ1v) is 32.7. The van der Waals surface area contributed by atoms with Crippen LogP contribution in [0, 0.1) is 56.7 Å². The summed E-state index contributed by atoms with van der Waals surface area (Å²) >= 11 is 0. The molecule has 0 unspecified atom stereocenters. The number of ether oxygens (including phenoxy) is 2. The monoisotopic (exact) mass is 1050 g/mol. The van der Waals surface area contributed by atoms with Crippen molar-refractivity contribution in [3.8, 4) is 0 Å². The zero-order chi connectivity index (χ0) is 53.0. The Morgan fingerprint density at radius 1 is 0.487 bits per heavy atom. The molecule has 6 aromatic rings. The van der Waals surface area contributed by atoms with E-state index < -0.39 is 14.5 Å². The summed E-state index contributed by atoms with van der Waals surface area (Å²) in [6, 6.07) is 64.4. The molecule has 394 valence electrons. The molecule has 0 spiro atoms. The third-order valence-corrected chi connectivity index (χ3v) is 30.4. The number of hydrogen-bond donors (Lipinski definition) is 0. The van der Waals surface area contributed by atoms with Gasteiger partial charge in [-0.2, -0.15) is 0 Å². The molecule has 4 nitrogen and oxygen atoms in total. The molecule has 0 radical (unpaired) electrons. The maximum atomic E-state index is 14.9. The van der Waals surface area contributed by atoms with Gasteiger partial charge in [0, 0.05) is 10.8 Å². The Morgan fingerprint density at radius 3 is 1.36 bits per heavy atom. The molecule has 0 amide bonds. The molecule has 5 aliphatic rings. The molecule has 6 heteroatoms. The van der Waals surface area contributed by atoms with Crippen molar-refractivity contribution in [2.45, 2.75) is 112 Å². The molecule has 11 rings (SSSR count). The van der Waals surface area contributed by atoms with Gasteiger partial charge < -0.3 is 9.47 Å². The van der Waals surface area contributed by atoms with Gasteiger partial charge in [0.2, 0.25) is 0 Å². The van der Waals surface area contributed by atoms with Crippen molar-refractivity contribution in [1.82, 2.24) is 0 Å². The lowest BCUT2D eigenvalue weighted by molar-refractivity contribution is -0.251. The lowest BCUT2D eigenvalue weighted by Crippen LogP contribution is -2.67. The van der Waals surface area contributed by atoms with Gasteiger partial charge in [-0.25, -0.2) is 9.59 Å². The van der Waals surface area contributed by atoms with Gasteiger partial charge in [-0.1, -0.05) is 156 Å². The Bertz CT molecular complexity index is 2810. The Morgan fingerprint density at radius 2 is 0.921 bits per heavy atom. The number of benzene rings is 6. The number of carbonyl (C=O) groups is 2. The van der Waals surface area contributed by atoms with E-state index in [-0.39, 0.29) is 45.1 Å². The zero-order valence-corrected chi connectivity index (χ0v) is 48.0. The fourth-order valence-corrected chi connectivity index (χ4v) is 26.0. The van der Waals surface area contributed by atoms with Crippen molar-refractivity contribution in [2.75, 3.05) is 18.9 Å². The summed E-state index contributed by atoms with van der Waals surface area (Å²) in [6.07, 6.45) is 11.7. The molecule has 10 atom stereocenters. The molecule has 76 heavy (non-hydrogen) atoms. The van der Waals surface area contributed by atoms with E-state index in [4.69, 9.17) is 16.1 Å². The number of allylic oxidation sites excluding steroid dienone is 1. The van der Waals surface area contributed by atoms with E-state index in [1.807, 2.05) is 0 Å². The quantitative estimate of drug-likeness (QED) is 0.0620. The second kappa shape index (κ2) is 20.6. The Hall–Kier alpha value is -5.14. The molecule has 6 aromatic carbocycles. The summed E-state index contributed by atoms with van der Waals surface area (Å²) in [5, 5.41) is 7.23. The summed E-state index contributed by atoms with van der Waals surface area (Å²) in [5.41, 5.74) is 1.48. The highest BCUT2D eigenvalue weighted by molar-refractivity contribution is 7.96. The molecule has 5 saturated carbocycles. The Balaban J connectivity index is 0.838. The van der Waals surface area contributed by atoms with Crippen LogP contribution in [0.4, 0.5) is 0 Å². The number of carbonyl (C=O) groups excluding carboxylic acids is 2. The average molecular weight is 1050 g/mol. The first kappa shape index (κ1) is 52.9. The van der Waals surface area contributed by atoms with Gasteiger partial charge in [-0.05, 0) is 190 Å². The molecule has 0 bridgehead atoms. The molecule has 0 aliphatic heterocycles. The summed E-state index contributed by atoms with van der Waals surface area (Å²) in [5.74, 6) is 2.24. The van der Waals surface area contributed by atoms with E-state index in [1.54, 1.807) is 0 Å². The summed E-state index contributed by atoms with van der Waals surface area (Å²) in [6.45, 7) is 20.4. The minimum Gasteiger partial charge on any atom is -0.462 e. The molecular formula is C70H82O4P2+2. The number of fused-ring (bicyclic) bond motifs is 7. The van der Waals surface area contributed by atoms with Gasteiger partial charge in [0.1, 0.15) is 52.5 Å². The van der Waals surface area contributed by atoms with Gasteiger partial charge in [0.05, 0.1) is 6.61 Å². The number of hydrogen-bond acceptors (Lipinski definition) is 4. The topological polar surface area (TPSA) is 52.6 Å². The van der Waals surface area contributed by atoms with Crippen molar-refractivity contribution in [3.05, 3.63) is 194 Å². The minimum absolute atomic E-state index is 0.0631. The van der Waals surface area contributed by atoms with Crippen LogP contribution < -0.4 is 31.8 Å².